The molecule has 0 saturated carbocycles. The zero-order valence-electron chi connectivity index (χ0n) is 12.7. The van der Waals surface area contributed by atoms with Crippen LogP contribution in [0.15, 0.2) is 9.79 Å². The van der Waals surface area contributed by atoms with E-state index < -0.39 is 17.4 Å². The number of ether oxygens (including phenoxy) is 1. The predicted octanol–water partition coefficient (Wildman–Crippen LogP) is 2.31. The van der Waals surface area contributed by atoms with Gasteiger partial charge in [-0.05, 0) is 31.6 Å². The van der Waals surface area contributed by atoms with E-state index in [2.05, 4.69) is 15.0 Å². The Morgan fingerprint density at radius 1 is 1.54 bits per heavy atom. The molecule has 0 amide bonds. The van der Waals surface area contributed by atoms with Gasteiger partial charge in [0.1, 0.15) is 21.5 Å². The normalized spacial score (nSPS) is 10.7. The molecule has 0 fully saturated rings. The van der Waals surface area contributed by atoms with Crippen molar-refractivity contribution in [3.63, 3.8) is 0 Å². The molecule has 2 rings (SSSR count). The molecule has 0 saturated heterocycles. The number of hydrogen-bond donors (Lipinski definition) is 3. The van der Waals surface area contributed by atoms with Gasteiger partial charge in [-0.1, -0.05) is 0 Å². The highest BCUT2D eigenvalue weighted by Crippen LogP contribution is 2.35. The Morgan fingerprint density at radius 2 is 2.25 bits per heavy atom. The lowest BCUT2D eigenvalue weighted by Gasteiger charge is -1.98. The van der Waals surface area contributed by atoms with Crippen LogP contribution in [0.25, 0.3) is 0 Å². The van der Waals surface area contributed by atoms with E-state index in [4.69, 9.17) is 17.0 Å². The fourth-order valence-electron chi connectivity index (χ4n) is 1.84. The fourth-order valence-corrected chi connectivity index (χ4v) is 3.03. The molecule has 0 aliphatic rings. The Bertz CT molecular complexity index is 978. The Kier molecular flexibility index (Phi) is 5.28. The predicted molar refractivity (Wildman–Crippen MR) is 90.9 cm³/mol. The average molecular weight is 364 g/mol. The number of carbonyl (C=O) groups excluding carboxylic acids is 1. The van der Waals surface area contributed by atoms with Gasteiger partial charge in [0, 0.05) is 6.21 Å². The van der Waals surface area contributed by atoms with Gasteiger partial charge in [0.25, 0.3) is 5.56 Å². The summed E-state index contributed by atoms with van der Waals surface area (Å²) >= 11 is 5.70. The molecule has 0 atom stereocenters. The van der Waals surface area contributed by atoms with Crippen LogP contribution in [-0.2, 0) is 4.74 Å². The van der Waals surface area contributed by atoms with Crippen molar-refractivity contribution < 1.29 is 14.6 Å². The first-order valence-electron chi connectivity index (χ1n) is 6.69. The summed E-state index contributed by atoms with van der Waals surface area (Å²) in [5.74, 6) is -0.979. The highest BCUT2D eigenvalue weighted by atomic mass is 32.1. The van der Waals surface area contributed by atoms with Crippen molar-refractivity contribution in [2.75, 3.05) is 6.61 Å². The monoisotopic (exact) mass is 364 g/mol. The molecule has 0 radical (unpaired) electrons. The minimum atomic E-state index is -0.627. The van der Waals surface area contributed by atoms with Gasteiger partial charge in [-0.25, -0.2) is 9.79 Å². The highest BCUT2D eigenvalue weighted by molar-refractivity contribution is 7.71. The third kappa shape index (κ3) is 3.42. The van der Waals surface area contributed by atoms with Crippen LogP contribution >= 0.6 is 23.6 Å². The van der Waals surface area contributed by atoms with Gasteiger partial charge in [0.05, 0.1) is 12.2 Å². The molecule has 0 unspecified atom stereocenters. The number of aromatic nitrogens is 2. The van der Waals surface area contributed by atoms with Crippen LogP contribution in [0.3, 0.4) is 0 Å². The number of nitrogens with one attached hydrogen (secondary N) is 2. The Morgan fingerprint density at radius 3 is 2.83 bits per heavy atom. The third-order valence-corrected chi connectivity index (χ3v) is 4.35. The van der Waals surface area contributed by atoms with Gasteiger partial charge in [-0.15, -0.1) is 11.3 Å². The molecule has 0 aliphatic heterocycles. The number of nitrogens with zero attached hydrogens (tertiary/aromatic N) is 2. The Labute approximate surface area is 145 Å². The van der Waals surface area contributed by atoms with E-state index in [0.717, 1.165) is 17.6 Å². The summed E-state index contributed by atoms with van der Waals surface area (Å²) in [5.41, 5.74) is -0.105. The van der Waals surface area contributed by atoms with Gasteiger partial charge in [-0.3, -0.25) is 9.78 Å². The molecule has 10 heteroatoms. The quantitative estimate of drug-likeness (QED) is 0.433. The average Bonchev–Trinajstić information content (AvgIpc) is 2.82. The number of nitriles is 1. The highest BCUT2D eigenvalue weighted by Gasteiger charge is 2.20. The van der Waals surface area contributed by atoms with Crippen molar-refractivity contribution >= 4 is 40.7 Å². The van der Waals surface area contributed by atoms with Crippen LogP contribution in [0, 0.1) is 23.0 Å². The summed E-state index contributed by atoms with van der Waals surface area (Å²) in [6.45, 7) is 3.51. The van der Waals surface area contributed by atoms with E-state index in [1.54, 1.807) is 13.8 Å². The molecular formula is C14H12N4O4S2. The van der Waals surface area contributed by atoms with E-state index in [1.807, 2.05) is 6.07 Å². The lowest BCUT2D eigenvalue weighted by atomic mass is 10.2. The number of H-pyrrole nitrogens is 2. The van der Waals surface area contributed by atoms with Crippen LogP contribution < -0.4 is 5.56 Å². The van der Waals surface area contributed by atoms with Crippen molar-refractivity contribution in [1.82, 2.24) is 9.97 Å². The standard InChI is InChI=1S/C14H12N4O4S2/c1-3-22-13(21)9-6(2)7(4-15)12(24-9)16-5-8-10(19)17-14(23)18-11(8)20/h5H,3H2,1-2H3,(H3,17,18,19,20,23). The summed E-state index contributed by atoms with van der Waals surface area (Å²) in [5, 5.41) is 19.2. The second kappa shape index (κ2) is 7.20. The lowest BCUT2D eigenvalue weighted by Crippen LogP contribution is -2.13. The van der Waals surface area contributed by atoms with Crippen LogP contribution in [0.2, 0.25) is 0 Å². The topological polar surface area (TPSA) is 131 Å². The maximum absolute atomic E-state index is 11.9. The van der Waals surface area contributed by atoms with E-state index in [9.17, 15) is 20.0 Å². The first kappa shape index (κ1) is 17.6. The summed E-state index contributed by atoms with van der Waals surface area (Å²) in [4.78, 5) is 32.7. The van der Waals surface area contributed by atoms with Crippen molar-refractivity contribution in [2.24, 2.45) is 4.99 Å². The molecule has 0 spiro atoms. The maximum atomic E-state index is 11.9. The third-order valence-electron chi connectivity index (χ3n) is 2.97. The van der Waals surface area contributed by atoms with Gasteiger partial charge in [0.15, 0.2) is 4.77 Å². The number of hydrogen-bond acceptors (Lipinski definition) is 8. The zero-order valence-corrected chi connectivity index (χ0v) is 14.3. The minimum Gasteiger partial charge on any atom is -0.494 e. The largest absolute Gasteiger partial charge is 0.494 e. The van der Waals surface area contributed by atoms with Gasteiger partial charge in [-0.2, -0.15) is 5.26 Å². The lowest BCUT2D eigenvalue weighted by molar-refractivity contribution is 0.0531. The first-order chi connectivity index (χ1) is 11.4. The van der Waals surface area contributed by atoms with Crippen molar-refractivity contribution in [2.45, 2.75) is 13.8 Å². The molecule has 8 nitrogen and oxygen atoms in total. The molecule has 2 aromatic heterocycles. The molecule has 124 valence electrons. The summed E-state index contributed by atoms with van der Waals surface area (Å²) in [6.07, 6.45) is 1.10. The number of rotatable bonds is 4. The van der Waals surface area contributed by atoms with Gasteiger partial charge < -0.3 is 14.8 Å². The molecule has 0 aromatic carbocycles. The number of aromatic hydroxyl groups is 1. The van der Waals surface area contributed by atoms with E-state index in [0.29, 0.717) is 5.56 Å². The van der Waals surface area contributed by atoms with Crippen LogP contribution in [0.1, 0.15) is 33.3 Å². The second-order valence-electron chi connectivity index (χ2n) is 4.50. The van der Waals surface area contributed by atoms with Crippen molar-refractivity contribution in [3.8, 4) is 11.9 Å². The number of aromatic amines is 2. The SMILES string of the molecule is CCOC(=O)c1sc(N=Cc2c(O)[nH]c(=S)[nH]c2=O)c(C#N)c1C. The Hall–Kier alpha value is -2.77. The summed E-state index contributed by atoms with van der Waals surface area (Å²) < 4.78 is 4.91. The van der Waals surface area contributed by atoms with Crippen molar-refractivity contribution in [1.29, 1.82) is 5.26 Å². The van der Waals surface area contributed by atoms with Crippen molar-refractivity contribution in [3.05, 3.63) is 36.7 Å². The molecule has 2 heterocycles. The number of thiophene rings is 1. The van der Waals surface area contributed by atoms with E-state index >= 15 is 0 Å². The molecule has 2 aromatic rings. The fraction of sp³-hybridized carbons (Fsp3) is 0.214. The van der Waals surface area contributed by atoms with E-state index in [-0.39, 0.29) is 32.4 Å². The number of carbonyl (C=O) groups is 1. The van der Waals surface area contributed by atoms with Crippen LogP contribution in [-0.4, -0.2) is 33.9 Å². The maximum Gasteiger partial charge on any atom is 0.348 e. The second-order valence-corrected chi connectivity index (χ2v) is 5.90. The van der Waals surface area contributed by atoms with E-state index in [1.165, 1.54) is 0 Å². The van der Waals surface area contributed by atoms with Gasteiger partial charge >= 0.3 is 5.97 Å². The smallest absolute Gasteiger partial charge is 0.348 e. The number of aliphatic imine (C=N–C) groups is 1. The molecule has 3 N–H and O–H groups in total. The zero-order chi connectivity index (χ0) is 17.9. The summed E-state index contributed by atoms with van der Waals surface area (Å²) in [6, 6.07) is 1.97. The first-order valence-corrected chi connectivity index (χ1v) is 7.91. The van der Waals surface area contributed by atoms with Gasteiger partial charge in [0.2, 0.25) is 5.88 Å². The molecule has 24 heavy (non-hydrogen) atoms. The molecular weight excluding hydrogens is 352 g/mol. The molecule has 0 aliphatic carbocycles. The van der Waals surface area contributed by atoms with Crippen LogP contribution in [0.4, 0.5) is 5.00 Å². The number of esters is 1. The summed E-state index contributed by atoms with van der Waals surface area (Å²) in [7, 11) is 0. The minimum absolute atomic E-state index is 0.0241. The Balaban J connectivity index is 2.49. The van der Waals surface area contributed by atoms with Crippen LogP contribution in [0.5, 0.6) is 5.88 Å². The molecule has 0 bridgehead atoms.